The van der Waals surface area contributed by atoms with Gasteiger partial charge in [-0.3, -0.25) is 0 Å². The monoisotopic (exact) mass is 2160 g/mol. The topological polar surface area (TPSA) is 453 Å². The van der Waals surface area contributed by atoms with Gasteiger partial charge in [-0.15, -0.1) is 41.0 Å². The summed E-state index contributed by atoms with van der Waals surface area (Å²) in [6.45, 7) is 28.7. The Morgan fingerprint density at radius 1 is 0.280 bits per heavy atom. The number of rotatable bonds is 8. The van der Waals surface area contributed by atoms with E-state index in [1.54, 1.807) is 0 Å². The average Bonchev–Trinajstić information content (AvgIpc) is 1.00. The number of anilines is 4. The Bertz CT molecular complexity index is 3590. The molecular weight excluding hydrogens is 2070 g/mol. The number of benzene rings is 8. The van der Waals surface area contributed by atoms with Crippen LogP contribution in [-0.2, 0) is 144 Å². The maximum absolute atomic E-state index is 9.44. The number of carbonyl (C=O) groups is 2. The number of hydrogen-bond donors (Lipinski definition) is 0. The van der Waals surface area contributed by atoms with Gasteiger partial charge in [0.25, 0.3) is 0 Å². The Morgan fingerprint density at radius 3 is 0.551 bits per heavy atom. The number of hydrogen-bond acceptors (Lipinski definition) is 30. The van der Waals surface area contributed by atoms with Crippen LogP contribution in [0.5, 0.6) is 0 Å². The van der Waals surface area contributed by atoms with Crippen LogP contribution in [0.1, 0.15) is 124 Å². The van der Waals surface area contributed by atoms with Crippen LogP contribution >= 0.6 is 47.0 Å². The van der Waals surface area contributed by atoms with E-state index in [0.717, 1.165) is 92.4 Å². The van der Waals surface area contributed by atoms with E-state index in [1.807, 2.05) is 47.0 Å². The van der Waals surface area contributed by atoms with Gasteiger partial charge in [0.05, 0.1) is 36.1 Å². The second-order valence-corrected chi connectivity index (χ2v) is 33.9. The van der Waals surface area contributed by atoms with Crippen LogP contribution in [0.25, 0.3) is 0 Å². The van der Waals surface area contributed by atoms with Gasteiger partial charge in [-0.05, 0) is 224 Å². The van der Waals surface area contributed by atoms with Crippen molar-refractivity contribution in [3.05, 3.63) is 214 Å². The number of ether oxygens (including phenoxy) is 4. The molecule has 0 spiro atoms. The fourth-order valence-electron chi connectivity index (χ4n) is 12.0. The molecule has 0 aliphatic carbocycles. The quantitative estimate of drug-likeness (QED) is 0.193. The Kier molecular flexibility index (Phi) is 56.6. The van der Waals surface area contributed by atoms with Crippen molar-refractivity contribution in [2.24, 2.45) is 0 Å². The summed E-state index contributed by atoms with van der Waals surface area (Å²) in [7, 11) is -19.8. The molecule has 8 aromatic carbocycles. The normalized spacial score (nSPS) is 14.4. The molecule has 8 aliphatic heterocycles. The zero-order valence-electron chi connectivity index (χ0n) is 65.8. The minimum absolute atomic E-state index is 0. The Hall–Kier alpha value is -2.98. The van der Waals surface area contributed by atoms with E-state index in [9.17, 15) is 9.59 Å². The third-order valence-corrected chi connectivity index (χ3v) is 19.9. The van der Waals surface area contributed by atoms with Crippen molar-refractivity contribution < 1.29 is 234 Å². The maximum atomic E-state index is 9.44. The average molecular weight is 2170 g/mol. The molecule has 0 N–H and O–H groups in total. The number of carbonyl (C=O) groups excluding carboxylic acids is 2. The molecule has 26 nitrogen and oxygen atoms in total. The van der Waals surface area contributed by atoms with E-state index in [1.165, 1.54) is 185 Å². The summed E-state index contributed by atoms with van der Waals surface area (Å²) in [4.78, 5) is 39.8. The maximum Gasteiger partial charge on any atom is 1.00 e. The standard InChI is InChI=1S/2C29H26N2S2.4C4H8O.2C3H6O.4Ag.4ClHO4/c2*1-20-13-22-17-30-19-31(28(22)26(15-20)32-24-9-5-3-6-10-24)18-23-14-21(2)16-27(29(23)30)33-25-11-7-4-8-12-25;4*1-2-4-5-3-1;2*1-3(2)4;;;;;4*2-1(3,4)5/h2*3-16H,17-19H2,1-2H3;4*1-4H2;2*1-2H3;;;;;4*(H,2,3,4,5)/q;;;;;;;;4*+1;;;;/p-4. The van der Waals surface area contributed by atoms with Crippen molar-refractivity contribution in [3.8, 4) is 0 Å². The second kappa shape index (κ2) is 59.1. The summed E-state index contributed by atoms with van der Waals surface area (Å²) < 4.78 is 156. The van der Waals surface area contributed by atoms with E-state index in [0.29, 0.717) is 0 Å². The van der Waals surface area contributed by atoms with E-state index in [-0.39, 0.29) is 101 Å². The first-order valence-electron chi connectivity index (χ1n) is 35.9. The zero-order valence-corrected chi connectivity index (χ0v) is 78.1. The van der Waals surface area contributed by atoms with Gasteiger partial charge in [-0.1, -0.05) is 144 Å². The van der Waals surface area contributed by atoms with Gasteiger partial charge in [-0.2, -0.15) is 0 Å². The van der Waals surface area contributed by atoms with E-state index in [4.69, 9.17) is 93.5 Å². The predicted molar refractivity (Wildman–Crippen MR) is 394 cm³/mol. The van der Waals surface area contributed by atoms with Gasteiger partial charge < -0.3 is 48.1 Å². The van der Waals surface area contributed by atoms with Crippen LogP contribution in [0.2, 0.25) is 0 Å². The molecule has 8 aliphatic rings. The fraction of sp³-hybridized carbons (Fsp3) is 0.375. The summed E-state index contributed by atoms with van der Waals surface area (Å²) in [5, 5.41) is 0. The van der Waals surface area contributed by atoms with Crippen LogP contribution < -0.4 is 94.1 Å². The van der Waals surface area contributed by atoms with Crippen LogP contribution in [0.4, 0.5) is 22.7 Å². The van der Waals surface area contributed by atoms with Crippen molar-refractivity contribution in [2.75, 3.05) is 85.8 Å². The van der Waals surface area contributed by atoms with E-state index in [2.05, 4.69) is 217 Å². The smallest absolute Gasteiger partial charge is 0.381 e. The van der Waals surface area contributed by atoms with Gasteiger partial charge >= 0.3 is 89.5 Å². The zero-order chi connectivity index (χ0) is 84.0. The molecule has 0 aromatic heterocycles. The molecule has 16 rings (SSSR count). The van der Waals surface area contributed by atoms with Crippen molar-refractivity contribution in [1.82, 2.24) is 0 Å². The molecule has 8 heterocycles. The third kappa shape index (κ3) is 49.6. The number of Topliss-reactive ketones (excluding diaryl/α,β-unsaturated/α-hetero) is 2. The molecule has 0 radical (unpaired) electrons. The number of ketones is 2. The number of fused-ring (bicyclic) bond motifs is 12. The molecule has 4 fully saturated rings. The van der Waals surface area contributed by atoms with Crippen LogP contribution in [0.3, 0.4) is 0 Å². The molecule has 664 valence electrons. The molecule has 0 atom stereocenters. The third-order valence-electron chi connectivity index (χ3n) is 15.8. The van der Waals surface area contributed by atoms with Gasteiger partial charge in [0.2, 0.25) is 0 Å². The molecule has 0 amide bonds. The number of aryl methyl sites for hydroxylation is 4. The first-order valence-corrected chi connectivity index (χ1v) is 44.1. The van der Waals surface area contributed by atoms with Gasteiger partial charge in [-0.25, -0.2) is 74.5 Å². The van der Waals surface area contributed by atoms with Gasteiger partial charge in [0, 0.05) is 118 Å². The van der Waals surface area contributed by atoms with Gasteiger partial charge in [0.1, 0.15) is 11.6 Å². The number of halogens is 4. The van der Waals surface area contributed by atoms with Crippen LogP contribution in [0, 0.1) is 68.7 Å². The van der Waals surface area contributed by atoms with Crippen molar-refractivity contribution in [3.63, 3.8) is 0 Å². The summed E-state index contributed by atoms with van der Waals surface area (Å²) in [6.07, 6.45) is 10.2. The number of nitrogens with zero attached hydrogens (tertiary/aromatic N) is 4. The van der Waals surface area contributed by atoms with Crippen molar-refractivity contribution in [2.45, 2.75) is 172 Å². The molecule has 4 bridgehead atoms. The fourth-order valence-corrected chi connectivity index (χ4v) is 16.6. The van der Waals surface area contributed by atoms with E-state index >= 15 is 0 Å². The molecule has 38 heteroatoms. The summed E-state index contributed by atoms with van der Waals surface area (Å²) in [6, 6.07) is 61.9. The molecule has 0 unspecified atom stereocenters. The summed E-state index contributed by atoms with van der Waals surface area (Å²) >= 11 is 7.54. The largest absolute Gasteiger partial charge is 1.00 e. The minimum Gasteiger partial charge on any atom is -0.381 e. The first kappa shape index (κ1) is 113. The Labute approximate surface area is 779 Å². The minimum atomic E-state index is -4.94. The van der Waals surface area contributed by atoms with Crippen LogP contribution in [0.15, 0.2) is 209 Å². The second-order valence-electron chi connectivity index (χ2n) is 26.4. The van der Waals surface area contributed by atoms with Crippen molar-refractivity contribution in [1.29, 1.82) is 0 Å². The van der Waals surface area contributed by atoms with Gasteiger partial charge in [0.15, 0.2) is 0 Å². The Morgan fingerprint density at radius 2 is 0.424 bits per heavy atom. The SMILES string of the molecule is C1CCOC1.C1CCOC1.C1CCOC1.C1CCOC1.CC(C)=O.CC(C)=O.Cc1cc2c(c(Sc3ccccc3)c1)N1Cc3cc(C)cc(Sc4ccccc4)c3N(C2)C1.Cc1cc2c(c(Sc3ccccc3)c1)N1Cc3cc(C)cc(Sc4ccccc4)c3N(C2)C1.[Ag+].[Ag+].[Ag+].[Ag+].[O-][Cl+3]([O-])([O-])[O-].[O-][Cl+3]([O-])([O-])[O-].[O-][Cl+3]([O-])([O-])[O-].[O-][Cl+3]([O-])([O-])[O-]. The summed E-state index contributed by atoms with van der Waals surface area (Å²) in [5.74, 6) is 0.333. The first-order chi connectivity index (χ1) is 53.7. The van der Waals surface area contributed by atoms with Crippen molar-refractivity contribution >= 4 is 81.4 Å². The predicted octanol–water partition coefficient (Wildman–Crippen LogP) is 1.15. The van der Waals surface area contributed by atoms with Crippen LogP contribution in [-0.4, -0.2) is 77.8 Å². The molecule has 0 saturated carbocycles. The Balaban J connectivity index is 0.000000747. The molecular formula is C80H96Ag4Cl4N4O22S4. The molecule has 8 aromatic rings. The van der Waals surface area contributed by atoms with E-state index < -0.39 is 41.0 Å². The molecule has 4 saturated heterocycles. The molecule has 118 heavy (non-hydrogen) atoms. The summed E-state index contributed by atoms with van der Waals surface area (Å²) in [5.41, 5.74) is 16.7.